The molecule has 0 saturated carbocycles. The molecule has 0 unspecified atom stereocenters. The van der Waals surface area contributed by atoms with Crippen LogP contribution in [0.15, 0.2) is 59.5 Å². The molecule has 170 valence electrons. The highest BCUT2D eigenvalue weighted by Gasteiger charge is 2.14. The molecule has 0 saturated heterocycles. The van der Waals surface area contributed by atoms with Crippen molar-refractivity contribution in [1.82, 2.24) is 25.1 Å². The summed E-state index contributed by atoms with van der Waals surface area (Å²) in [6, 6.07) is 13.6. The molecule has 10 heteroatoms. The first-order valence-corrected chi connectivity index (χ1v) is 10.6. The molecule has 0 aliphatic heterocycles. The summed E-state index contributed by atoms with van der Waals surface area (Å²) in [6.07, 6.45) is 1.29. The molecule has 0 aliphatic carbocycles. The lowest BCUT2D eigenvalue weighted by Crippen LogP contribution is -2.14. The number of amides is 1. The number of aromatic nitrogens is 5. The molecule has 0 radical (unpaired) electrons. The lowest BCUT2D eigenvalue weighted by molar-refractivity contribution is 0.167. The quantitative estimate of drug-likeness (QED) is 0.363. The topological polar surface area (TPSA) is 126 Å². The van der Waals surface area contributed by atoms with Crippen molar-refractivity contribution in [1.29, 1.82) is 0 Å². The van der Waals surface area contributed by atoms with E-state index in [0.717, 1.165) is 10.9 Å². The Bertz CT molecular complexity index is 1590. The molecular formula is C24H19FN6O3. The number of aromatic amines is 2. The minimum absolute atomic E-state index is 0.206. The lowest BCUT2D eigenvalue weighted by atomic mass is 10.0. The van der Waals surface area contributed by atoms with Crippen LogP contribution in [0, 0.1) is 5.82 Å². The Morgan fingerprint density at radius 1 is 1.15 bits per heavy atom. The molecule has 1 amide bonds. The van der Waals surface area contributed by atoms with Crippen molar-refractivity contribution in [3.05, 3.63) is 82.2 Å². The van der Waals surface area contributed by atoms with Crippen LogP contribution in [0.5, 0.6) is 0 Å². The number of rotatable bonds is 5. The molecule has 0 aliphatic rings. The fraction of sp³-hybridized carbons (Fsp3) is 0.125. The van der Waals surface area contributed by atoms with Crippen molar-refractivity contribution in [2.24, 2.45) is 0 Å². The third-order valence-electron chi connectivity index (χ3n) is 5.32. The number of carbonyl (C=O) groups excluding carboxylic acids is 1. The van der Waals surface area contributed by atoms with Gasteiger partial charge in [-0.25, -0.2) is 19.3 Å². The smallest absolute Gasteiger partial charge is 0.413 e. The minimum atomic E-state index is -0.628. The van der Waals surface area contributed by atoms with Crippen molar-refractivity contribution in [2.45, 2.75) is 13.3 Å². The van der Waals surface area contributed by atoms with Gasteiger partial charge in [-0.05, 0) is 36.8 Å². The van der Waals surface area contributed by atoms with Crippen LogP contribution in [0.2, 0.25) is 0 Å². The molecule has 3 aromatic heterocycles. The second-order valence-electron chi connectivity index (χ2n) is 7.55. The summed E-state index contributed by atoms with van der Waals surface area (Å²) in [5, 5.41) is 10.5. The average Bonchev–Trinajstić information content (AvgIpc) is 3.23. The van der Waals surface area contributed by atoms with E-state index in [1.807, 2.05) is 12.1 Å². The Labute approximate surface area is 192 Å². The number of fused-ring (bicyclic) bond motifs is 2. The van der Waals surface area contributed by atoms with Gasteiger partial charge in [0.1, 0.15) is 5.82 Å². The van der Waals surface area contributed by atoms with E-state index in [4.69, 9.17) is 4.74 Å². The number of pyridine rings is 1. The van der Waals surface area contributed by atoms with E-state index in [-0.39, 0.29) is 18.1 Å². The van der Waals surface area contributed by atoms with Gasteiger partial charge < -0.3 is 9.72 Å². The number of ether oxygens (including phenoxy) is 1. The summed E-state index contributed by atoms with van der Waals surface area (Å²) in [5.74, 6) is -0.229. The number of nitrogens with one attached hydrogen (secondary N) is 3. The van der Waals surface area contributed by atoms with Gasteiger partial charge in [-0.15, -0.1) is 0 Å². The Hall–Kier alpha value is -4.60. The highest BCUT2D eigenvalue weighted by atomic mass is 19.1. The second-order valence-corrected chi connectivity index (χ2v) is 7.55. The first-order chi connectivity index (χ1) is 16.5. The second kappa shape index (κ2) is 8.74. The molecule has 0 spiro atoms. The van der Waals surface area contributed by atoms with Crippen LogP contribution in [-0.4, -0.2) is 37.8 Å². The Balaban J connectivity index is 1.48. The number of nitrogens with zero attached hydrogens (tertiary/aromatic N) is 3. The third-order valence-corrected chi connectivity index (χ3v) is 5.32. The van der Waals surface area contributed by atoms with Crippen molar-refractivity contribution in [2.75, 3.05) is 11.9 Å². The first kappa shape index (κ1) is 21.3. The lowest BCUT2D eigenvalue weighted by Gasteiger charge is -2.08. The molecule has 0 bridgehead atoms. The van der Waals surface area contributed by atoms with Gasteiger partial charge in [-0.1, -0.05) is 24.3 Å². The number of H-pyrrole nitrogens is 2. The molecule has 3 heterocycles. The zero-order valence-corrected chi connectivity index (χ0v) is 18.1. The zero-order chi connectivity index (χ0) is 23.7. The van der Waals surface area contributed by atoms with E-state index in [1.54, 1.807) is 37.3 Å². The summed E-state index contributed by atoms with van der Waals surface area (Å²) in [7, 11) is 0. The average molecular weight is 458 g/mol. The molecule has 3 N–H and O–H groups in total. The first-order valence-electron chi connectivity index (χ1n) is 10.6. The highest BCUT2D eigenvalue weighted by Crippen LogP contribution is 2.27. The van der Waals surface area contributed by atoms with Gasteiger partial charge in [0, 0.05) is 17.4 Å². The summed E-state index contributed by atoms with van der Waals surface area (Å²) in [4.78, 5) is 35.3. The van der Waals surface area contributed by atoms with Crippen LogP contribution in [0.4, 0.5) is 15.1 Å². The van der Waals surface area contributed by atoms with Gasteiger partial charge >= 0.3 is 6.09 Å². The van der Waals surface area contributed by atoms with Crippen LogP contribution in [-0.2, 0) is 11.2 Å². The van der Waals surface area contributed by atoms with Crippen LogP contribution in [0.1, 0.15) is 18.2 Å². The monoisotopic (exact) mass is 458 g/mol. The largest absolute Gasteiger partial charge is 0.450 e. The van der Waals surface area contributed by atoms with E-state index in [0.29, 0.717) is 39.8 Å². The Morgan fingerprint density at radius 3 is 2.79 bits per heavy atom. The van der Waals surface area contributed by atoms with Gasteiger partial charge in [0.15, 0.2) is 0 Å². The number of hydrogen-bond acceptors (Lipinski definition) is 6. The normalized spacial score (nSPS) is 11.1. The predicted molar refractivity (Wildman–Crippen MR) is 125 cm³/mol. The molecule has 9 nitrogen and oxygen atoms in total. The number of hydrogen-bond donors (Lipinski definition) is 3. The highest BCUT2D eigenvalue weighted by molar-refractivity contribution is 5.87. The predicted octanol–water partition coefficient (Wildman–Crippen LogP) is 4.16. The van der Waals surface area contributed by atoms with Crippen molar-refractivity contribution in [3.63, 3.8) is 0 Å². The summed E-state index contributed by atoms with van der Waals surface area (Å²) < 4.78 is 19.6. The third kappa shape index (κ3) is 4.08. The SMILES string of the molecule is CCOC(=O)Nc1nc2cc(-c3cc(Cc4n[nH]c(=O)c5ccccc45)ccc3F)ncc2[nH]1. The van der Waals surface area contributed by atoms with Gasteiger partial charge in [-0.2, -0.15) is 5.10 Å². The van der Waals surface area contributed by atoms with E-state index in [2.05, 4.69) is 30.5 Å². The molecule has 5 aromatic rings. The number of anilines is 1. The standard InChI is InChI=1S/C24H19FN6O3/c1-2-34-24(33)29-23-27-20-11-18(26-12-21(20)28-23)16-9-13(7-8-17(16)25)10-19-14-5-3-4-6-15(14)22(32)31-30-19/h3-9,11-12H,2,10H2,1H3,(H,31,32)(H2,27,28,29,33). The van der Waals surface area contributed by atoms with Gasteiger partial charge in [0.25, 0.3) is 5.56 Å². The molecule has 0 fully saturated rings. The number of carbonyl (C=O) groups is 1. The van der Waals surface area contributed by atoms with Crippen molar-refractivity contribution in [3.8, 4) is 11.3 Å². The van der Waals surface area contributed by atoms with Gasteiger partial charge in [0.2, 0.25) is 5.95 Å². The summed E-state index contributed by atoms with van der Waals surface area (Å²) in [6.45, 7) is 1.94. The number of halogens is 1. The number of imidazole rings is 1. The van der Waals surface area contributed by atoms with Crippen LogP contribution in [0.3, 0.4) is 0 Å². The maximum atomic E-state index is 14.8. The van der Waals surface area contributed by atoms with E-state index in [1.165, 1.54) is 12.3 Å². The summed E-state index contributed by atoms with van der Waals surface area (Å²) in [5.41, 5.74) is 3.00. The van der Waals surface area contributed by atoms with Gasteiger partial charge in [-0.3, -0.25) is 15.1 Å². The van der Waals surface area contributed by atoms with Crippen molar-refractivity contribution >= 4 is 33.8 Å². The minimum Gasteiger partial charge on any atom is -0.450 e. The Kier molecular flexibility index (Phi) is 5.46. The van der Waals surface area contributed by atoms with Crippen molar-refractivity contribution < 1.29 is 13.9 Å². The van der Waals surface area contributed by atoms with E-state index >= 15 is 0 Å². The molecule has 5 rings (SSSR count). The molecular weight excluding hydrogens is 439 g/mol. The molecule has 34 heavy (non-hydrogen) atoms. The summed E-state index contributed by atoms with van der Waals surface area (Å²) >= 11 is 0. The zero-order valence-electron chi connectivity index (χ0n) is 18.1. The molecule has 2 aromatic carbocycles. The molecule has 0 atom stereocenters. The maximum absolute atomic E-state index is 14.8. The van der Waals surface area contributed by atoms with E-state index < -0.39 is 11.9 Å². The van der Waals surface area contributed by atoms with Crippen LogP contribution >= 0.6 is 0 Å². The maximum Gasteiger partial charge on any atom is 0.413 e. The van der Waals surface area contributed by atoms with E-state index in [9.17, 15) is 14.0 Å². The van der Waals surface area contributed by atoms with Gasteiger partial charge in [0.05, 0.1) is 40.6 Å². The Morgan fingerprint density at radius 2 is 1.97 bits per heavy atom. The fourth-order valence-corrected chi connectivity index (χ4v) is 3.76. The number of benzene rings is 2. The van der Waals surface area contributed by atoms with Crippen LogP contribution < -0.4 is 10.9 Å². The van der Waals surface area contributed by atoms with Crippen LogP contribution in [0.25, 0.3) is 33.1 Å². The fourth-order valence-electron chi connectivity index (χ4n) is 3.76.